The molecule has 84 valence electrons. The Bertz CT molecular complexity index is 485. The molecule has 0 amide bonds. The van der Waals surface area contributed by atoms with Crippen LogP contribution in [0.3, 0.4) is 0 Å². The van der Waals surface area contributed by atoms with E-state index < -0.39 is 0 Å². The van der Waals surface area contributed by atoms with Crippen LogP contribution in [-0.4, -0.2) is 9.97 Å². The van der Waals surface area contributed by atoms with Crippen molar-refractivity contribution in [1.82, 2.24) is 9.97 Å². The SMILES string of the molecule is CCc1nc(Cc2cccs2)nc(Cl)c1I. The molecular weight excluding hydrogens is 355 g/mol. The predicted octanol–water partition coefficient (Wildman–Crippen LogP) is 3.95. The first-order chi connectivity index (χ1) is 7.70. The number of thiophene rings is 1. The van der Waals surface area contributed by atoms with Gasteiger partial charge in [-0.25, -0.2) is 9.97 Å². The molecule has 0 bridgehead atoms. The number of hydrogen-bond acceptors (Lipinski definition) is 3. The van der Waals surface area contributed by atoms with E-state index >= 15 is 0 Å². The van der Waals surface area contributed by atoms with E-state index in [1.807, 2.05) is 6.07 Å². The molecule has 16 heavy (non-hydrogen) atoms. The maximum atomic E-state index is 6.08. The van der Waals surface area contributed by atoms with E-state index in [0.717, 1.165) is 27.9 Å². The molecule has 2 aromatic rings. The number of rotatable bonds is 3. The Morgan fingerprint density at radius 3 is 2.88 bits per heavy atom. The lowest BCUT2D eigenvalue weighted by molar-refractivity contribution is 0.901. The predicted molar refractivity (Wildman–Crippen MR) is 76.3 cm³/mol. The molecule has 0 atom stereocenters. The van der Waals surface area contributed by atoms with Gasteiger partial charge in [-0.1, -0.05) is 24.6 Å². The van der Waals surface area contributed by atoms with Crippen LogP contribution in [0.5, 0.6) is 0 Å². The summed E-state index contributed by atoms with van der Waals surface area (Å²) < 4.78 is 0.969. The third-order valence-corrected chi connectivity index (χ3v) is 4.78. The zero-order valence-corrected chi connectivity index (χ0v) is 12.4. The van der Waals surface area contributed by atoms with E-state index in [4.69, 9.17) is 11.6 Å². The van der Waals surface area contributed by atoms with E-state index in [1.165, 1.54) is 4.88 Å². The van der Waals surface area contributed by atoms with Crippen LogP contribution in [0.1, 0.15) is 23.3 Å². The number of hydrogen-bond donors (Lipinski definition) is 0. The molecule has 0 spiro atoms. The Kier molecular flexibility index (Phi) is 4.16. The van der Waals surface area contributed by atoms with E-state index in [-0.39, 0.29) is 0 Å². The minimum absolute atomic E-state index is 0.569. The highest BCUT2D eigenvalue weighted by molar-refractivity contribution is 14.1. The van der Waals surface area contributed by atoms with Crippen LogP contribution in [-0.2, 0) is 12.8 Å². The van der Waals surface area contributed by atoms with E-state index in [2.05, 4.69) is 50.9 Å². The van der Waals surface area contributed by atoms with Gasteiger partial charge in [-0.2, -0.15) is 0 Å². The highest BCUT2D eigenvalue weighted by atomic mass is 127. The molecule has 0 aliphatic heterocycles. The van der Waals surface area contributed by atoms with Crippen molar-refractivity contribution in [2.24, 2.45) is 0 Å². The quantitative estimate of drug-likeness (QED) is 0.609. The van der Waals surface area contributed by atoms with Gasteiger partial charge in [0.1, 0.15) is 11.0 Å². The Morgan fingerprint density at radius 2 is 2.25 bits per heavy atom. The minimum Gasteiger partial charge on any atom is -0.236 e. The van der Waals surface area contributed by atoms with Gasteiger partial charge in [-0.05, 0) is 40.5 Å². The van der Waals surface area contributed by atoms with Crippen LogP contribution < -0.4 is 0 Å². The molecule has 0 N–H and O–H groups in total. The van der Waals surface area contributed by atoms with Crippen LogP contribution in [0.4, 0.5) is 0 Å². The molecule has 0 unspecified atom stereocenters. The number of aryl methyl sites for hydroxylation is 1. The zero-order chi connectivity index (χ0) is 11.5. The average Bonchev–Trinajstić information content (AvgIpc) is 2.76. The van der Waals surface area contributed by atoms with Gasteiger partial charge in [0, 0.05) is 11.3 Å². The summed E-state index contributed by atoms with van der Waals surface area (Å²) in [7, 11) is 0. The Labute approximate surface area is 117 Å². The molecule has 2 nitrogen and oxygen atoms in total. The summed E-state index contributed by atoms with van der Waals surface area (Å²) in [6.45, 7) is 2.08. The summed E-state index contributed by atoms with van der Waals surface area (Å²) in [5, 5.41) is 2.63. The molecule has 2 rings (SSSR count). The molecule has 0 saturated heterocycles. The van der Waals surface area contributed by atoms with Crippen molar-refractivity contribution < 1.29 is 0 Å². The summed E-state index contributed by atoms with van der Waals surface area (Å²) >= 11 is 10.00. The van der Waals surface area contributed by atoms with Crippen molar-refractivity contribution in [3.8, 4) is 0 Å². The third kappa shape index (κ3) is 2.73. The normalized spacial score (nSPS) is 10.7. The fourth-order valence-corrected chi connectivity index (χ4v) is 2.92. The second-order valence-corrected chi connectivity index (χ2v) is 5.77. The monoisotopic (exact) mass is 364 g/mol. The molecule has 0 saturated carbocycles. The molecule has 0 aliphatic rings. The second-order valence-electron chi connectivity index (χ2n) is 3.30. The third-order valence-electron chi connectivity index (χ3n) is 2.17. The summed E-state index contributed by atoms with van der Waals surface area (Å²) in [6.07, 6.45) is 1.65. The Hall–Kier alpha value is -0.200. The van der Waals surface area contributed by atoms with Crippen molar-refractivity contribution in [1.29, 1.82) is 0 Å². The largest absolute Gasteiger partial charge is 0.236 e. The van der Waals surface area contributed by atoms with Crippen molar-refractivity contribution in [3.05, 3.63) is 42.6 Å². The fourth-order valence-electron chi connectivity index (χ4n) is 1.39. The first kappa shape index (κ1) is 12.3. The first-order valence-corrected chi connectivity index (χ1v) is 7.27. The van der Waals surface area contributed by atoms with Crippen molar-refractivity contribution >= 4 is 45.5 Å². The molecule has 2 heterocycles. The number of aromatic nitrogens is 2. The van der Waals surface area contributed by atoms with Crippen LogP contribution in [0.2, 0.25) is 5.15 Å². The average molecular weight is 365 g/mol. The lowest BCUT2D eigenvalue weighted by atomic mass is 10.3. The van der Waals surface area contributed by atoms with Gasteiger partial charge in [-0.15, -0.1) is 11.3 Å². The van der Waals surface area contributed by atoms with E-state index in [1.54, 1.807) is 11.3 Å². The van der Waals surface area contributed by atoms with Crippen molar-refractivity contribution in [2.45, 2.75) is 19.8 Å². The van der Waals surface area contributed by atoms with Gasteiger partial charge in [-0.3, -0.25) is 0 Å². The van der Waals surface area contributed by atoms with Crippen LogP contribution >= 0.6 is 45.5 Å². The summed E-state index contributed by atoms with van der Waals surface area (Å²) in [5.41, 5.74) is 1.03. The number of nitrogens with zero attached hydrogens (tertiary/aromatic N) is 2. The zero-order valence-electron chi connectivity index (χ0n) is 8.70. The first-order valence-electron chi connectivity index (χ1n) is 4.94. The molecule has 0 aliphatic carbocycles. The van der Waals surface area contributed by atoms with E-state index in [9.17, 15) is 0 Å². The summed E-state index contributed by atoms with van der Waals surface area (Å²) in [5.74, 6) is 0.810. The molecule has 5 heteroatoms. The molecule has 0 fully saturated rings. The van der Waals surface area contributed by atoms with Gasteiger partial charge in [0.25, 0.3) is 0 Å². The Morgan fingerprint density at radius 1 is 1.44 bits per heavy atom. The van der Waals surface area contributed by atoms with Crippen molar-refractivity contribution in [3.63, 3.8) is 0 Å². The van der Waals surface area contributed by atoms with Gasteiger partial charge >= 0.3 is 0 Å². The van der Waals surface area contributed by atoms with E-state index in [0.29, 0.717) is 5.15 Å². The number of halogens is 2. The van der Waals surface area contributed by atoms with Gasteiger partial charge in [0.2, 0.25) is 0 Å². The van der Waals surface area contributed by atoms with Gasteiger partial charge in [0.15, 0.2) is 0 Å². The fraction of sp³-hybridized carbons (Fsp3) is 0.273. The highest BCUT2D eigenvalue weighted by Crippen LogP contribution is 2.21. The molecule has 0 radical (unpaired) electrons. The van der Waals surface area contributed by atoms with Crippen LogP contribution in [0.25, 0.3) is 0 Å². The molecule has 0 aromatic carbocycles. The lowest BCUT2D eigenvalue weighted by Gasteiger charge is -2.05. The standard InChI is InChI=1S/C11H10ClIN2S/c1-2-8-10(13)11(12)15-9(14-8)6-7-4-3-5-16-7/h3-5H,2,6H2,1H3. The summed E-state index contributed by atoms with van der Waals surface area (Å²) in [6, 6.07) is 4.13. The van der Waals surface area contributed by atoms with Crippen molar-refractivity contribution in [2.75, 3.05) is 0 Å². The molecule has 2 aromatic heterocycles. The maximum absolute atomic E-state index is 6.08. The van der Waals surface area contributed by atoms with Crippen LogP contribution in [0.15, 0.2) is 17.5 Å². The highest BCUT2D eigenvalue weighted by Gasteiger charge is 2.09. The lowest BCUT2D eigenvalue weighted by Crippen LogP contribution is -2.03. The Balaban J connectivity index is 2.32. The smallest absolute Gasteiger partial charge is 0.146 e. The minimum atomic E-state index is 0.569. The summed E-state index contributed by atoms with van der Waals surface area (Å²) in [4.78, 5) is 10.1. The van der Waals surface area contributed by atoms with Crippen LogP contribution in [0, 0.1) is 3.57 Å². The second kappa shape index (κ2) is 5.42. The topological polar surface area (TPSA) is 25.8 Å². The van der Waals surface area contributed by atoms with Gasteiger partial charge in [0.05, 0.1) is 9.26 Å². The molecular formula is C11H10ClIN2S. The maximum Gasteiger partial charge on any atom is 0.146 e. The van der Waals surface area contributed by atoms with Gasteiger partial charge < -0.3 is 0 Å².